The lowest BCUT2D eigenvalue weighted by Gasteiger charge is -2.22. The summed E-state index contributed by atoms with van der Waals surface area (Å²) in [5.41, 5.74) is 0.284. The van der Waals surface area contributed by atoms with Crippen LogP contribution in [0.25, 0.3) is 0 Å². The van der Waals surface area contributed by atoms with Crippen LogP contribution in [0.3, 0.4) is 0 Å². The van der Waals surface area contributed by atoms with E-state index in [0.717, 1.165) is 24.7 Å². The van der Waals surface area contributed by atoms with Gasteiger partial charge < -0.3 is 4.90 Å². The normalized spacial score (nSPS) is 16.0. The van der Waals surface area contributed by atoms with Gasteiger partial charge in [0.25, 0.3) is 0 Å². The van der Waals surface area contributed by atoms with E-state index in [1.165, 1.54) is 31.4 Å². The maximum absolute atomic E-state index is 13.9. The van der Waals surface area contributed by atoms with Crippen LogP contribution in [0.1, 0.15) is 43.8 Å². The summed E-state index contributed by atoms with van der Waals surface area (Å²) in [6.45, 7) is 0. The quantitative estimate of drug-likeness (QED) is 0.862. The first-order valence-electron chi connectivity index (χ1n) is 7.66. The molecular formula is C16H20F2N4. The average Bonchev–Trinajstić information content (AvgIpc) is 2.89. The van der Waals surface area contributed by atoms with Gasteiger partial charge in [0.05, 0.1) is 5.69 Å². The first-order valence-corrected chi connectivity index (χ1v) is 7.66. The smallest absolute Gasteiger partial charge is 0.231 e. The largest absolute Gasteiger partial charge is 0.311 e. The minimum atomic E-state index is -0.607. The fraction of sp³-hybridized carbons (Fsp3) is 0.500. The van der Waals surface area contributed by atoms with Crippen molar-refractivity contribution in [2.75, 3.05) is 11.9 Å². The zero-order valence-corrected chi connectivity index (χ0v) is 12.9. The van der Waals surface area contributed by atoms with Crippen molar-refractivity contribution in [3.8, 4) is 0 Å². The molecule has 0 unspecified atom stereocenters. The SMILES string of the molecule is CN(c1ccc(F)cc1F)c1nnc(C2CCCCC2)n1C. The van der Waals surface area contributed by atoms with Gasteiger partial charge in [-0.1, -0.05) is 19.3 Å². The number of anilines is 2. The van der Waals surface area contributed by atoms with E-state index in [9.17, 15) is 8.78 Å². The molecule has 0 aliphatic heterocycles. The maximum Gasteiger partial charge on any atom is 0.231 e. The van der Waals surface area contributed by atoms with E-state index in [-0.39, 0.29) is 5.69 Å². The molecule has 1 aliphatic rings. The van der Waals surface area contributed by atoms with Crippen LogP contribution in [-0.4, -0.2) is 21.8 Å². The first-order chi connectivity index (χ1) is 10.6. The second-order valence-corrected chi connectivity index (χ2v) is 5.91. The number of hydrogen-bond acceptors (Lipinski definition) is 3. The third-order valence-corrected chi connectivity index (χ3v) is 4.43. The maximum atomic E-state index is 13.9. The van der Waals surface area contributed by atoms with Gasteiger partial charge in [-0.05, 0) is 25.0 Å². The van der Waals surface area contributed by atoms with Gasteiger partial charge in [-0.3, -0.25) is 4.57 Å². The Morgan fingerprint density at radius 3 is 2.55 bits per heavy atom. The molecule has 0 bridgehead atoms. The minimum Gasteiger partial charge on any atom is -0.311 e. The molecule has 0 spiro atoms. The molecule has 1 heterocycles. The van der Waals surface area contributed by atoms with Gasteiger partial charge in [0.2, 0.25) is 5.95 Å². The number of halogens is 2. The highest BCUT2D eigenvalue weighted by Gasteiger charge is 2.24. The van der Waals surface area contributed by atoms with Crippen molar-refractivity contribution >= 4 is 11.6 Å². The predicted molar refractivity (Wildman–Crippen MR) is 81.3 cm³/mol. The highest BCUT2D eigenvalue weighted by atomic mass is 19.1. The Bertz CT molecular complexity index is 662. The van der Waals surface area contributed by atoms with Crippen LogP contribution in [0.5, 0.6) is 0 Å². The summed E-state index contributed by atoms with van der Waals surface area (Å²) in [5, 5.41) is 8.52. The van der Waals surface area contributed by atoms with Crippen molar-refractivity contribution in [3.05, 3.63) is 35.7 Å². The summed E-state index contributed by atoms with van der Waals surface area (Å²) in [6, 6.07) is 3.54. The summed E-state index contributed by atoms with van der Waals surface area (Å²) in [4.78, 5) is 1.61. The van der Waals surface area contributed by atoms with E-state index in [1.54, 1.807) is 11.9 Å². The van der Waals surface area contributed by atoms with E-state index in [1.807, 2.05) is 11.6 Å². The summed E-state index contributed by atoms with van der Waals surface area (Å²) in [5.74, 6) is 0.738. The lowest BCUT2D eigenvalue weighted by atomic mass is 9.89. The van der Waals surface area contributed by atoms with Crippen LogP contribution in [0.4, 0.5) is 20.4 Å². The Morgan fingerprint density at radius 1 is 1.14 bits per heavy atom. The number of aromatic nitrogens is 3. The summed E-state index contributed by atoms with van der Waals surface area (Å²) in [6.07, 6.45) is 5.97. The van der Waals surface area contributed by atoms with Gasteiger partial charge in [-0.15, -0.1) is 10.2 Å². The number of nitrogens with zero attached hydrogens (tertiary/aromatic N) is 4. The molecular weight excluding hydrogens is 286 g/mol. The van der Waals surface area contributed by atoms with Crippen LogP contribution in [-0.2, 0) is 7.05 Å². The number of rotatable bonds is 3. The molecule has 2 aromatic rings. The monoisotopic (exact) mass is 306 g/mol. The Hall–Kier alpha value is -1.98. The van der Waals surface area contributed by atoms with Crippen molar-refractivity contribution in [2.45, 2.75) is 38.0 Å². The second kappa shape index (κ2) is 6.02. The molecule has 0 N–H and O–H groups in total. The molecule has 3 rings (SSSR count). The topological polar surface area (TPSA) is 34.0 Å². The van der Waals surface area contributed by atoms with Gasteiger partial charge in [-0.25, -0.2) is 8.78 Å². The predicted octanol–water partition coefficient (Wildman–Crippen LogP) is 3.91. The van der Waals surface area contributed by atoms with Crippen molar-refractivity contribution in [3.63, 3.8) is 0 Å². The fourth-order valence-corrected chi connectivity index (χ4v) is 3.20. The molecule has 0 saturated heterocycles. The lowest BCUT2D eigenvalue weighted by molar-refractivity contribution is 0.420. The zero-order chi connectivity index (χ0) is 15.7. The molecule has 22 heavy (non-hydrogen) atoms. The second-order valence-electron chi connectivity index (χ2n) is 5.91. The third kappa shape index (κ3) is 2.69. The fourth-order valence-electron chi connectivity index (χ4n) is 3.20. The van der Waals surface area contributed by atoms with E-state index in [2.05, 4.69) is 10.2 Å². The number of benzene rings is 1. The van der Waals surface area contributed by atoms with Gasteiger partial charge in [-0.2, -0.15) is 0 Å². The molecule has 1 aromatic carbocycles. The first kappa shape index (κ1) is 14.9. The van der Waals surface area contributed by atoms with Crippen molar-refractivity contribution < 1.29 is 8.78 Å². The molecule has 0 atom stereocenters. The Balaban J connectivity index is 1.89. The summed E-state index contributed by atoms with van der Waals surface area (Å²) >= 11 is 0. The average molecular weight is 306 g/mol. The third-order valence-electron chi connectivity index (χ3n) is 4.43. The van der Waals surface area contributed by atoms with E-state index < -0.39 is 11.6 Å². The molecule has 6 heteroatoms. The van der Waals surface area contributed by atoms with Crippen molar-refractivity contribution in [2.24, 2.45) is 7.05 Å². The molecule has 1 aliphatic carbocycles. The molecule has 1 saturated carbocycles. The Labute approximate surface area is 128 Å². The molecule has 1 aromatic heterocycles. The Morgan fingerprint density at radius 2 is 1.86 bits per heavy atom. The standard InChI is InChI=1S/C16H20F2N4/c1-21(14-9-8-12(17)10-13(14)18)16-20-19-15(22(16)2)11-6-4-3-5-7-11/h8-11H,3-7H2,1-2H3. The van der Waals surface area contributed by atoms with E-state index in [4.69, 9.17) is 0 Å². The molecule has 1 fully saturated rings. The van der Waals surface area contributed by atoms with Crippen LogP contribution in [0, 0.1) is 11.6 Å². The van der Waals surface area contributed by atoms with Crippen molar-refractivity contribution in [1.29, 1.82) is 0 Å². The minimum absolute atomic E-state index is 0.284. The van der Waals surface area contributed by atoms with Gasteiger partial charge >= 0.3 is 0 Å². The summed E-state index contributed by atoms with van der Waals surface area (Å²) in [7, 11) is 3.61. The molecule has 0 radical (unpaired) electrons. The number of hydrogen-bond donors (Lipinski definition) is 0. The van der Waals surface area contributed by atoms with Gasteiger partial charge in [0.1, 0.15) is 17.5 Å². The van der Waals surface area contributed by atoms with Crippen LogP contribution in [0.2, 0.25) is 0 Å². The highest BCUT2D eigenvalue weighted by Crippen LogP contribution is 2.33. The van der Waals surface area contributed by atoms with Crippen LogP contribution >= 0.6 is 0 Å². The van der Waals surface area contributed by atoms with Gasteiger partial charge in [0.15, 0.2) is 0 Å². The summed E-state index contributed by atoms with van der Waals surface area (Å²) < 4.78 is 28.9. The van der Waals surface area contributed by atoms with Gasteiger partial charge in [0, 0.05) is 26.1 Å². The van der Waals surface area contributed by atoms with E-state index >= 15 is 0 Å². The van der Waals surface area contributed by atoms with Crippen LogP contribution < -0.4 is 4.90 Å². The zero-order valence-electron chi connectivity index (χ0n) is 12.9. The van der Waals surface area contributed by atoms with E-state index in [0.29, 0.717) is 11.9 Å². The Kier molecular flexibility index (Phi) is 4.09. The molecule has 4 nitrogen and oxygen atoms in total. The lowest BCUT2D eigenvalue weighted by Crippen LogP contribution is -2.17. The van der Waals surface area contributed by atoms with Crippen LogP contribution in [0.15, 0.2) is 18.2 Å². The molecule has 0 amide bonds. The van der Waals surface area contributed by atoms with Crippen molar-refractivity contribution in [1.82, 2.24) is 14.8 Å². The molecule has 118 valence electrons. The highest BCUT2D eigenvalue weighted by molar-refractivity contribution is 5.57.